The lowest BCUT2D eigenvalue weighted by molar-refractivity contribution is 0.441. The zero-order valence-corrected chi connectivity index (χ0v) is 16.6. The van der Waals surface area contributed by atoms with Gasteiger partial charge in [0.1, 0.15) is 0 Å². The van der Waals surface area contributed by atoms with Crippen molar-refractivity contribution < 1.29 is 4.11 Å². The standard InChI is InChI=1S/C26H28N2/c1-18-12-8-10-16-23(18)27-19(2)25-26(4,21-13-6-5-7-14-21)22-15-9-11-17-24(22)28(25)20(27)3/h5-17,19-20,25H,1-4H3/t19-,20?,25?,26?/m0/s1/i3D3. The Hall–Kier alpha value is -2.74. The Kier molecular flexibility index (Phi) is 3.13. The minimum absolute atomic E-state index is 0.00247. The summed E-state index contributed by atoms with van der Waals surface area (Å²) in [5.41, 5.74) is 5.23. The van der Waals surface area contributed by atoms with Crippen LogP contribution in [-0.2, 0) is 5.41 Å². The maximum Gasteiger partial charge on any atom is 0.0994 e. The van der Waals surface area contributed by atoms with Crippen molar-refractivity contribution in [2.75, 3.05) is 9.80 Å². The van der Waals surface area contributed by atoms with Gasteiger partial charge in [-0.3, -0.25) is 0 Å². The molecule has 142 valence electrons. The quantitative estimate of drug-likeness (QED) is 0.566. The molecule has 3 aromatic rings. The van der Waals surface area contributed by atoms with Crippen molar-refractivity contribution in [3.63, 3.8) is 0 Å². The van der Waals surface area contributed by atoms with Gasteiger partial charge in [-0.15, -0.1) is 0 Å². The molecule has 0 bridgehead atoms. The highest BCUT2D eigenvalue weighted by atomic mass is 15.5. The van der Waals surface area contributed by atoms with E-state index in [0.717, 1.165) is 16.9 Å². The molecule has 3 aromatic carbocycles. The molecule has 5 rings (SSSR count). The summed E-state index contributed by atoms with van der Waals surface area (Å²) in [4.78, 5) is 4.33. The van der Waals surface area contributed by atoms with Crippen molar-refractivity contribution in [2.24, 2.45) is 0 Å². The zero-order chi connectivity index (χ0) is 22.0. The largest absolute Gasteiger partial charge is 0.346 e. The van der Waals surface area contributed by atoms with Gasteiger partial charge in [0.25, 0.3) is 0 Å². The van der Waals surface area contributed by atoms with Gasteiger partial charge in [-0.1, -0.05) is 66.7 Å². The lowest BCUT2D eigenvalue weighted by Crippen LogP contribution is -2.46. The molecule has 0 saturated carbocycles. The van der Waals surface area contributed by atoms with E-state index in [1.807, 2.05) is 24.3 Å². The van der Waals surface area contributed by atoms with Gasteiger partial charge in [-0.25, -0.2) is 0 Å². The normalized spacial score (nSPS) is 30.4. The zero-order valence-electron chi connectivity index (χ0n) is 19.6. The molecule has 1 saturated heterocycles. The van der Waals surface area contributed by atoms with E-state index < -0.39 is 13.0 Å². The lowest BCUT2D eigenvalue weighted by Gasteiger charge is -2.37. The van der Waals surface area contributed by atoms with Crippen LogP contribution in [-0.4, -0.2) is 18.2 Å². The molecule has 0 amide bonds. The molecule has 2 heterocycles. The van der Waals surface area contributed by atoms with E-state index in [4.69, 9.17) is 4.11 Å². The Morgan fingerprint density at radius 3 is 2.18 bits per heavy atom. The summed E-state index contributed by atoms with van der Waals surface area (Å²) in [6.45, 7) is 4.36. The van der Waals surface area contributed by atoms with Gasteiger partial charge in [0.2, 0.25) is 0 Å². The monoisotopic (exact) mass is 371 g/mol. The number of fused-ring (bicyclic) bond motifs is 3. The first-order valence-electron chi connectivity index (χ1n) is 11.5. The number of aryl methyl sites for hydroxylation is 1. The molecule has 28 heavy (non-hydrogen) atoms. The van der Waals surface area contributed by atoms with E-state index in [1.165, 1.54) is 11.1 Å². The first-order chi connectivity index (χ1) is 14.8. The van der Waals surface area contributed by atoms with Crippen LogP contribution in [0.3, 0.4) is 0 Å². The summed E-state index contributed by atoms with van der Waals surface area (Å²) in [6, 6.07) is 27.0. The predicted molar refractivity (Wildman–Crippen MR) is 118 cm³/mol. The number of hydrogen-bond acceptors (Lipinski definition) is 2. The fourth-order valence-corrected chi connectivity index (χ4v) is 5.55. The molecule has 2 nitrogen and oxygen atoms in total. The first kappa shape index (κ1) is 14.3. The van der Waals surface area contributed by atoms with Gasteiger partial charge in [-0.05, 0) is 56.4 Å². The molecule has 3 unspecified atom stereocenters. The van der Waals surface area contributed by atoms with Gasteiger partial charge in [0.05, 0.1) is 12.2 Å². The van der Waals surface area contributed by atoms with Crippen LogP contribution in [0.5, 0.6) is 0 Å². The second kappa shape index (κ2) is 6.13. The topological polar surface area (TPSA) is 6.48 Å². The molecule has 0 aromatic heterocycles. The van der Waals surface area contributed by atoms with Crippen LogP contribution < -0.4 is 9.80 Å². The van der Waals surface area contributed by atoms with Gasteiger partial charge in [0.15, 0.2) is 0 Å². The van der Waals surface area contributed by atoms with E-state index in [2.05, 4.69) is 85.2 Å². The average molecular weight is 372 g/mol. The third-order valence-corrected chi connectivity index (χ3v) is 6.82. The molecule has 2 aliphatic rings. The number of benzene rings is 3. The van der Waals surface area contributed by atoms with Crippen LogP contribution in [0.15, 0.2) is 78.9 Å². The summed E-state index contributed by atoms with van der Waals surface area (Å²) in [5.74, 6) is 0. The van der Waals surface area contributed by atoms with Crippen LogP contribution in [0, 0.1) is 6.92 Å². The van der Waals surface area contributed by atoms with E-state index in [-0.39, 0.29) is 17.5 Å². The van der Waals surface area contributed by atoms with Crippen LogP contribution in [0.25, 0.3) is 0 Å². The van der Waals surface area contributed by atoms with Gasteiger partial charge < -0.3 is 9.80 Å². The summed E-state index contributed by atoms with van der Waals surface area (Å²) >= 11 is 0. The second-order valence-electron chi connectivity index (χ2n) is 8.25. The molecule has 2 aliphatic heterocycles. The second-order valence-corrected chi connectivity index (χ2v) is 8.25. The van der Waals surface area contributed by atoms with Crippen LogP contribution in [0.1, 0.15) is 41.5 Å². The van der Waals surface area contributed by atoms with Gasteiger partial charge in [0, 0.05) is 26.9 Å². The molecule has 2 heteroatoms. The Labute approximate surface area is 172 Å². The van der Waals surface area contributed by atoms with Crippen molar-refractivity contribution in [1.82, 2.24) is 0 Å². The van der Waals surface area contributed by atoms with Crippen LogP contribution in [0.4, 0.5) is 11.4 Å². The first-order valence-corrected chi connectivity index (χ1v) is 10.0. The van der Waals surface area contributed by atoms with Crippen LogP contribution in [0.2, 0.25) is 0 Å². The van der Waals surface area contributed by atoms with E-state index in [1.54, 1.807) is 0 Å². The number of rotatable bonds is 2. The minimum atomic E-state index is -2.17. The van der Waals surface area contributed by atoms with E-state index >= 15 is 0 Å². The van der Waals surface area contributed by atoms with Crippen molar-refractivity contribution >= 4 is 11.4 Å². The Bertz CT molecular complexity index is 1110. The Morgan fingerprint density at radius 2 is 1.46 bits per heavy atom. The lowest BCUT2D eigenvalue weighted by atomic mass is 9.71. The van der Waals surface area contributed by atoms with Crippen molar-refractivity contribution in [3.8, 4) is 0 Å². The third-order valence-electron chi connectivity index (χ3n) is 6.82. The molecule has 4 atom stereocenters. The fourth-order valence-electron chi connectivity index (χ4n) is 5.55. The summed E-state index contributed by atoms with van der Waals surface area (Å²) < 4.78 is 25.6. The highest BCUT2D eigenvalue weighted by molar-refractivity contribution is 5.73. The minimum Gasteiger partial charge on any atom is -0.346 e. The van der Waals surface area contributed by atoms with Crippen molar-refractivity contribution in [1.29, 1.82) is 0 Å². The smallest absolute Gasteiger partial charge is 0.0994 e. The Balaban J connectivity index is 1.78. The molecule has 0 aliphatic carbocycles. The van der Waals surface area contributed by atoms with E-state index in [9.17, 15) is 0 Å². The molecule has 0 spiro atoms. The number of nitrogens with zero attached hydrogens (tertiary/aromatic N) is 2. The highest BCUT2D eigenvalue weighted by Gasteiger charge is 2.58. The van der Waals surface area contributed by atoms with Gasteiger partial charge in [-0.2, -0.15) is 0 Å². The molecular formula is C26H28N2. The average Bonchev–Trinajstić information content (AvgIpc) is 3.21. The number of para-hydroxylation sites is 2. The molecule has 0 radical (unpaired) electrons. The van der Waals surface area contributed by atoms with Gasteiger partial charge >= 0.3 is 0 Å². The Morgan fingerprint density at radius 1 is 0.821 bits per heavy atom. The summed E-state index contributed by atoms with van der Waals surface area (Å²) in [6.07, 6.45) is -0.722. The molecular weight excluding hydrogens is 340 g/mol. The maximum atomic E-state index is 8.55. The summed E-state index contributed by atoms with van der Waals surface area (Å²) in [5, 5.41) is 0. The molecule has 0 N–H and O–H groups in total. The van der Waals surface area contributed by atoms with E-state index in [0.29, 0.717) is 0 Å². The summed E-state index contributed by atoms with van der Waals surface area (Å²) in [7, 11) is 0. The molecule has 1 fully saturated rings. The third kappa shape index (κ3) is 2.15. The SMILES string of the molecule is [2H]C([2H])([2H])C1N2c3ccccc3C(C)(c3ccccc3)C2[C@H](C)N1c1ccccc1C. The number of hydrogen-bond donors (Lipinski definition) is 0. The maximum absolute atomic E-state index is 8.55. The number of anilines is 2. The fraction of sp³-hybridized carbons (Fsp3) is 0.308. The van der Waals surface area contributed by atoms with Crippen LogP contribution >= 0.6 is 0 Å². The highest BCUT2D eigenvalue weighted by Crippen LogP contribution is 2.55. The predicted octanol–water partition coefficient (Wildman–Crippen LogP) is 5.74. The van der Waals surface area contributed by atoms with Crippen molar-refractivity contribution in [3.05, 3.63) is 95.6 Å². The van der Waals surface area contributed by atoms with Crippen molar-refractivity contribution in [2.45, 2.75) is 51.3 Å².